The largest absolute Gasteiger partial charge is 0.371 e. The van der Waals surface area contributed by atoms with Crippen molar-refractivity contribution < 1.29 is 9.13 Å². The van der Waals surface area contributed by atoms with Gasteiger partial charge in [0, 0.05) is 25.8 Å². The molecule has 0 aliphatic carbocycles. The number of morpholine rings is 1. The molecule has 0 amide bonds. The minimum Gasteiger partial charge on any atom is -0.371 e. The molecule has 6 nitrogen and oxygen atoms in total. The molecule has 2 aliphatic heterocycles. The van der Waals surface area contributed by atoms with Crippen LogP contribution < -0.4 is 9.80 Å². The summed E-state index contributed by atoms with van der Waals surface area (Å²) >= 11 is 0. The summed E-state index contributed by atoms with van der Waals surface area (Å²) in [5.74, 6) is 1.18. The van der Waals surface area contributed by atoms with Crippen LogP contribution in [0.2, 0.25) is 0 Å². The topological polar surface area (TPSA) is 54.4 Å². The molecule has 2 fully saturated rings. The lowest BCUT2D eigenvalue weighted by atomic mass is 9.89. The maximum Gasteiger partial charge on any atom is 0.225 e. The van der Waals surface area contributed by atoms with Crippen molar-refractivity contribution in [2.45, 2.75) is 18.4 Å². The van der Waals surface area contributed by atoms with Gasteiger partial charge in [-0.25, -0.2) is 19.3 Å². The van der Waals surface area contributed by atoms with Crippen molar-refractivity contribution in [3.05, 3.63) is 42.6 Å². The lowest BCUT2D eigenvalue weighted by Gasteiger charge is -2.47. The normalized spacial score (nSPS) is 20.4. The quantitative estimate of drug-likeness (QED) is 0.839. The van der Waals surface area contributed by atoms with Gasteiger partial charge in [-0.2, -0.15) is 0 Å². The molecule has 0 radical (unpaired) electrons. The molecular weight excluding hydrogens is 309 g/mol. The third-order valence-corrected chi connectivity index (χ3v) is 4.79. The van der Waals surface area contributed by atoms with Gasteiger partial charge >= 0.3 is 0 Å². The summed E-state index contributed by atoms with van der Waals surface area (Å²) in [4.78, 5) is 17.0. The van der Waals surface area contributed by atoms with E-state index >= 15 is 0 Å². The van der Waals surface area contributed by atoms with Gasteiger partial charge in [-0.3, -0.25) is 0 Å². The molecule has 4 heterocycles. The van der Waals surface area contributed by atoms with Crippen LogP contribution in [-0.4, -0.2) is 53.3 Å². The van der Waals surface area contributed by atoms with Crippen LogP contribution in [0.4, 0.5) is 16.2 Å². The smallest absolute Gasteiger partial charge is 0.225 e. The van der Waals surface area contributed by atoms with Gasteiger partial charge in [0.2, 0.25) is 5.95 Å². The summed E-state index contributed by atoms with van der Waals surface area (Å²) in [5, 5.41) is 0. The molecule has 2 aliphatic rings. The molecule has 0 unspecified atom stereocenters. The van der Waals surface area contributed by atoms with E-state index < -0.39 is 5.82 Å². The molecule has 126 valence electrons. The Labute approximate surface area is 140 Å². The zero-order valence-corrected chi connectivity index (χ0v) is 13.4. The van der Waals surface area contributed by atoms with Crippen molar-refractivity contribution in [1.29, 1.82) is 0 Å². The maximum atomic E-state index is 13.0. The van der Waals surface area contributed by atoms with E-state index in [1.54, 1.807) is 0 Å². The van der Waals surface area contributed by atoms with E-state index in [2.05, 4.69) is 24.8 Å². The second kappa shape index (κ2) is 6.32. The Kier molecular flexibility index (Phi) is 4.02. The van der Waals surface area contributed by atoms with E-state index in [-0.39, 0.29) is 5.60 Å². The van der Waals surface area contributed by atoms with Crippen LogP contribution in [-0.2, 0) is 4.74 Å². The maximum absolute atomic E-state index is 13.0. The van der Waals surface area contributed by atoms with Crippen LogP contribution in [0.3, 0.4) is 0 Å². The van der Waals surface area contributed by atoms with Gasteiger partial charge in [-0.15, -0.1) is 0 Å². The molecule has 1 spiro atoms. The number of hydrogen-bond donors (Lipinski definition) is 0. The third-order valence-electron chi connectivity index (χ3n) is 4.79. The van der Waals surface area contributed by atoms with Crippen LogP contribution in [0.5, 0.6) is 0 Å². The highest BCUT2D eigenvalue weighted by Crippen LogP contribution is 2.32. The number of aromatic nitrogens is 3. The first-order chi connectivity index (χ1) is 11.7. The number of hydrogen-bond acceptors (Lipinski definition) is 6. The Bertz CT molecular complexity index is 673. The van der Waals surface area contributed by atoms with Crippen molar-refractivity contribution >= 4 is 11.8 Å². The number of piperidine rings is 1. The van der Waals surface area contributed by atoms with E-state index in [1.807, 2.05) is 24.4 Å². The average Bonchev–Trinajstić information content (AvgIpc) is 2.64. The molecule has 24 heavy (non-hydrogen) atoms. The van der Waals surface area contributed by atoms with Gasteiger partial charge in [-0.05, 0) is 25.0 Å². The first-order valence-corrected chi connectivity index (χ1v) is 8.27. The lowest BCUT2D eigenvalue weighted by molar-refractivity contribution is -0.0708. The molecular formula is C17H20FN5O. The molecule has 0 N–H and O–H groups in total. The average molecular weight is 329 g/mol. The Morgan fingerprint density at radius 1 is 1.00 bits per heavy atom. The molecule has 2 aromatic heterocycles. The Hall–Kier alpha value is -2.28. The van der Waals surface area contributed by atoms with Gasteiger partial charge in [-0.1, -0.05) is 6.07 Å². The van der Waals surface area contributed by atoms with Crippen molar-refractivity contribution in [2.24, 2.45) is 0 Å². The van der Waals surface area contributed by atoms with E-state index in [1.165, 1.54) is 12.4 Å². The molecule has 0 bridgehead atoms. The van der Waals surface area contributed by atoms with Crippen LogP contribution in [0.15, 0.2) is 36.8 Å². The zero-order valence-electron chi connectivity index (χ0n) is 13.4. The fourth-order valence-corrected chi connectivity index (χ4v) is 3.47. The van der Waals surface area contributed by atoms with Crippen molar-refractivity contribution in [2.75, 3.05) is 42.6 Å². The van der Waals surface area contributed by atoms with E-state index in [4.69, 9.17) is 4.74 Å². The summed E-state index contributed by atoms with van der Waals surface area (Å²) in [6, 6.07) is 5.98. The zero-order chi connectivity index (χ0) is 16.4. The molecule has 4 rings (SSSR count). The summed E-state index contributed by atoms with van der Waals surface area (Å²) in [6.07, 6.45) is 6.12. The molecule has 7 heteroatoms. The third kappa shape index (κ3) is 3.03. The number of anilines is 2. The van der Waals surface area contributed by atoms with E-state index in [0.717, 1.165) is 44.8 Å². The minimum atomic E-state index is -0.412. The van der Waals surface area contributed by atoms with E-state index in [9.17, 15) is 4.39 Å². The second-order valence-corrected chi connectivity index (χ2v) is 6.33. The molecule has 0 atom stereocenters. The van der Waals surface area contributed by atoms with E-state index in [0.29, 0.717) is 12.6 Å². The Morgan fingerprint density at radius 3 is 2.50 bits per heavy atom. The van der Waals surface area contributed by atoms with Gasteiger partial charge in [0.25, 0.3) is 0 Å². The van der Waals surface area contributed by atoms with Gasteiger partial charge in [0.15, 0.2) is 5.82 Å². The standard InChI is InChI=1S/C17H20FN5O/c18-14-11-20-16(21-12-14)23-9-10-24-17(13-23)4-7-22(8-5-17)15-3-1-2-6-19-15/h1-3,6,11-12H,4-5,7-10,13H2. The summed E-state index contributed by atoms with van der Waals surface area (Å²) in [5.41, 5.74) is -0.179. The first-order valence-electron chi connectivity index (χ1n) is 8.27. The summed E-state index contributed by atoms with van der Waals surface area (Å²) < 4.78 is 19.2. The van der Waals surface area contributed by atoms with Crippen molar-refractivity contribution in [3.8, 4) is 0 Å². The lowest BCUT2D eigenvalue weighted by Crippen LogP contribution is -2.57. The summed E-state index contributed by atoms with van der Waals surface area (Å²) in [7, 11) is 0. The summed E-state index contributed by atoms with van der Waals surface area (Å²) in [6.45, 7) is 3.95. The number of nitrogens with zero attached hydrogens (tertiary/aromatic N) is 5. The predicted molar refractivity (Wildman–Crippen MR) is 88.6 cm³/mol. The van der Waals surface area contributed by atoms with Crippen LogP contribution >= 0.6 is 0 Å². The second-order valence-electron chi connectivity index (χ2n) is 6.33. The van der Waals surface area contributed by atoms with Crippen molar-refractivity contribution in [3.63, 3.8) is 0 Å². The Morgan fingerprint density at radius 2 is 1.79 bits per heavy atom. The molecule has 2 saturated heterocycles. The first kappa shape index (κ1) is 15.3. The highest BCUT2D eigenvalue weighted by Gasteiger charge is 2.40. The monoisotopic (exact) mass is 329 g/mol. The molecule has 2 aromatic rings. The molecule has 0 saturated carbocycles. The fraction of sp³-hybridized carbons (Fsp3) is 0.471. The van der Waals surface area contributed by atoms with Crippen LogP contribution in [0, 0.1) is 5.82 Å². The van der Waals surface area contributed by atoms with Crippen LogP contribution in [0.1, 0.15) is 12.8 Å². The van der Waals surface area contributed by atoms with Gasteiger partial charge in [0.05, 0.1) is 31.1 Å². The number of halogens is 1. The Balaban J connectivity index is 1.44. The SMILES string of the molecule is Fc1cnc(N2CCOC3(CCN(c4ccccn4)CC3)C2)nc1. The van der Waals surface area contributed by atoms with Gasteiger partial charge < -0.3 is 14.5 Å². The fourth-order valence-electron chi connectivity index (χ4n) is 3.47. The highest BCUT2D eigenvalue weighted by atomic mass is 19.1. The van der Waals surface area contributed by atoms with Crippen molar-refractivity contribution in [1.82, 2.24) is 15.0 Å². The molecule has 0 aromatic carbocycles. The minimum absolute atomic E-state index is 0.179. The predicted octanol–water partition coefficient (Wildman–Crippen LogP) is 1.89. The highest BCUT2D eigenvalue weighted by molar-refractivity contribution is 5.39. The van der Waals surface area contributed by atoms with Crippen LogP contribution in [0.25, 0.3) is 0 Å². The number of pyridine rings is 1. The number of rotatable bonds is 2. The van der Waals surface area contributed by atoms with Gasteiger partial charge in [0.1, 0.15) is 5.82 Å². The number of ether oxygens (including phenoxy) is 1.